The van der Waals surface area contributed by atoms with E-state index < -0.39 is 5.41 Å². The average molecular weight is 764 g/mol. The molecule has 0 radical (unpaired) electrons. The van der Waals surface area contributed by atoms with Crippen LogP contribution in [-0.2, 0) is 5.41 Å². The molecule has 0 fully saturated rings. The van der Waals surface area contributed by atoms with E-state index in [4.69, 9.17) is 9.40 Å². The quantitative estimate of drug-likeness (QED) is 0.180. The van der Waals surface area contributed by atoms with Crippen molar-refractivity contribution in [3.05, 3.63) is 223 Å². The summed E-state index contributed by atoms with van der Waals surface area (Å²) in [5.41, 5.74) is 19.1. The monoisotopic (exact) mass is 763 g/mol. The molecule has 12 aromatic rings. The number of furan rings is 1. The minimum atomic E-state index is -0.483. The summed E-state index contributed by atoms with van der Waals surface area (Å²) in [7, 11) is 0. The SMILES string of the molecule is c1ccc2c(c1)-c1ccccc1C21c2ccccc2-n2c1nc1cc(-c3ccc4c(c3)c3ccccc3n4-c3ccc(-c4cccc5c4oc4ccccc45)cc3)ccc12. The molecule has 9 aromatic carbocycles. The van der Waals surface area contributed by atoms with Gasteiger partial charge >= 0.3 is 0 Å². The van der Waals surface area contributed by atoms with Crippen LogP contribution in [0, 0.1) is 0 Å². The lowest BCUT2D eigenvalue weighted by Gasteiger charge is -2.27. The number of nitrogens with zero attached hydrogens (tertiary/aromatic N) is 3. The lowest BCUT2D eigenvalue weighted by atomic mass is 9.73. The molecular formula is C56H33N3O. The number of hydrogen-bond donors (Lipinski definition) is 0. The summed E-state index contributed by atoms with van der Waals surface area (Å²) in [6.07, 6.45) is 0. The standard InChI is InChI=1S/C56H33N3O/c1-5-18-45-39(12-1)40-13-2-6-19-46(40)56(45)47-20-7-9-22-51(47)59-52-31-27-36(33-48(52)57-55(56)59)35-26-30-50-44(32-35)41-14-3-8-21-49(41)58(50)37-28-24-34(25-29-37)38-16-11-17-43-42-15-4-10-23-53(42)60-54(38)43/h1-33H. The molecule has 60 heavy (non-hydrogen) atoms. The Balaban J connectivity index is 0.898. The fraction of sp³-hybridized carbons (Fsp3) is 0.0179. The maximum atomic E-state index is 6.39. The molecule has 2 aliphatic rings. The van der Waals surface area contributed by atoms with Gasteiger partial charge in [-0.1, -0.05) is 146 Å². The molecule has 278 valence electrons. The molecule has 0 saturated carbocycles. The molecule has 14 rings (SSSR count). The number of para-hydroxylation sites is 4. The van der Waals surface area contributed by atoms with Gasteiger partial charge < -0.3 is 8.98 Å². The maximum Gasteiger partial charge on any atom is 0.143 e. The van der Waals surface area contributed by atoms with E-state index in [0.717, 1.165) is 61.2 Å². The highest BCUT2D eigenvalue weighted by Gasteiger charge is 2.54. The highest BCUT2D eigenvalue weighted by atomic mass is 16.3. The van der Waals surface area contributed by atoms with Crippen LogP contribution in [0.15, 0.2) is 205 Å². The van der Waals surface area contributed by atoms with Gasteiger partial charge in [0.1, 0.15) is 22.4 Å². The molecule has 4 heterocycles. The van der Waals surface area contributed by atoms with Gasteiger partial charge in [0.25, 0.3) is 0 Å². The van der Waals surface area contributed by atoms with Crippen LogP contribution in [0.4, 0.5) is 0 Å². The van der Waals surface area contributed by atoms with Crippen LogP contribution in [0.1, 0.15) is 22.5 Å². The molecular weight excluding hydrogens is 731 g/mol. The van der Waals surface area contributed by atoms with Crippen LogP contribution in [0.5, 0.6) is 0 Å². The maximum absolute atomic E-state index is 6.39. The Morgan fingerprint density at radius 3 is 1.82 bits per heavy atom. The predicted octanol–water partition coefficient (Wildman–Crippen LogP) is 14.0. The minimum absolute atomic E-state index is 0.483. The van der Waals surface area contributed by atoms with Crippen molar-refractivity contribution in [3.8, 4) is 44.8 Å². The van der Waals surface area contributed by atoms with Crippen molar-refractivity contribution in [2.45, 2.75) is 5.41 Å². The second-order valence-electron chi connectivity index (χ2n) is 16.2. The van der Waals surface area contributed by atoms with Crippen molar-refractivity contribution in [2.24, 2.45) is 0 Å². The van der Waals surface area contributed by atoms with E-state index in [9.17, 15) is 0 Å². The second kappa shape index (κ2) is 11.6. The molecule has 1 aliphatic heterocycles. The molecule has 1 aliphatic carbocycles. The van der Waals surface area contributed by atoms with E-state index in [2.05, 4.69) is 197 Å². The van der Waals surface area contributed by atoms with Crippen LogP contribution >= 0.6 is 0 Å². The molecule has 0 bridgehead atoms. The summed E-state index contributed by atoms with van der Waals surface area (Å²) in [5, 5.41) is 4.73. The van der Waals surface area contributed by atoms with Gasteiger partial charge in [0.05, 0.1) is 27.8 Å². The first-order chi connectivity index (χ1) is 29.8. The Kier molecular flexibility index (Phi) is 6.19. The first kappa shape index (κ1) is 32.1. The zero-order chi connectivity index (χ0) is 39.1. The van der Waals surface area contributed by atoms with E-state index in [1.807, 2.05) is 12.1 Å². The van der Waals surface area contributed by atoms with E-state index in [1.54, 1.807) is 0 Å². The van der Waals surface area contributed by atoms with Crippen LogP contribution in [0.3, 0.4) is 0 Å². The summed E-state index contributed by atoms with van der Waals surface area (Å²) in [5.74, 6) is 1.06. The molecule has 0 N–H and O–H groups in total. The van der Waals surface area contributed by atoms with E-state index in [1.165, 1.54) is 60.9 Å². The molecule has 4 heteroatoms. The molecule has 0 atom stereocenters. The Morgan fingerprint density at radius 2 is 1.00 bits per heavy atom. The van der Waals surface area contributed by atoms with Gasteiger partial charge in [-0.05, 0) is 99.1 Å². The van der Waals surface area contributed by atoms with Crippen molar-refractivity contribution >= 4 is 54.8 Å². The molecule has 3 aromatic heterocycles. The van der Waals surface area contributed by atoms with Crippen molar-refractivity contribution in [1.29, 1.82) is 0 Å². The third kappa shape index (κ3) is 4.02. The topological polar surface area (TPSA) is 35.9 Å². The highest BCUT2D eigenvalue weighted by Crippen LogP contribution is 2.60. The Bertz CT molecular complexity index is 3740. The van der Waals surface area contributed by atoms with Crippen LogP contribution in [0.25, 0.3) is 99.5 Å². The lowest BCUT2D eigenvalue weighted by molar-refractivity contribution is 0.670. The van der Waals surface area contributed by atoms with Crippen molar-refractivity contribution in [1.82, 2.24) is 14.1 Å². The molecule has 1 spiro atoms. The summed E-state index contributed by atoms with van der Waals surface area (Å²) < 4.78 is 11.2. The summed E-state index contributed by atoms with van der Waals surface area (Å²) in [6, 6.07) is 72.7. The third-order valence-electron chi connectivity index (χ3n) is 13.3. The number of hydrogen-bond acceptors (Lipinski definition) is 2. The first-order valence-corrected chi connectivity index (χ1v) is 20.6. The number of benzene rings is 9. The highest BCUT2D eigenvalue weighted by molar-refractivity contribution is 6.11. The Morgan fingerprint density at radius 1 is 0.400 bits per heavy atom. The van der Waals surface area contributed by atoms with E-state index in [0.29, 0.717) is 0 Å². The Hall–Kier alpha value is -7.95. The average Bonchev–Trinajstić information content (AvgIpc) is 4.10. The third-order valence-corrected chi connectivity index (χ3v) is 13.3. The number of fused-ring (bicyclic) bond motifs is 18. The summed E-state index contributed by atoms with van der Waals surface area (Å²) in [6.45, 7) is 0. The van der Waals surface area contributed by atoms with Crippen molar-refractivity contribution in [2.75, 3.05) is 0 Å². The van der Waals surface area contributed by atoms with Gasteiger partial charge in [0.15, 0.2) is 0 Å². The Labute approximate surface area is 344 Å². The smallest absolute Gasteiger partial charge is 0.143 e. The fourth-order valence-electron chi connectivity index (χ4n) is 10.8. The van der Waals surface area contributed by atoms with Crippen molar-refractivity contribution in [3.63, 3.8) is 0 Å². The zero-order valence-corrected chi connectivity index (χ0v) is 32.3. The lowest BCUT2D eigenvalue weighted by Crippen LogP contribution is -2.27. The second-order valence-corrected chi connectivity index (χ2v) is 16.2. The van der Waals surface area contributed by atoms with E-state index in [-0.39, 0.29) is 0 Å². The van der Waals surface area contributed by atoms with Crippen LogP contribution in [-0.4, -0.2) is 14.1 Å². The molecule has 0 amide bonds. The molecule has 4 nitrogen and oxygen atoms in total. The van der Waals surface area contributed by atoms with Gasteiger partial charge in [-0.3, -0.25) is 4.57 Å². The first-order valence-electron chi connectivity index (χ1n) is 20.6. The van der Waals surface area contributed by atoms with Gasteiger partial charge in [0.2, 0.25) is 0 Å². The zero-order valence-electron chi connectivity index (χ0n) is 32.3. The predicted molar refractivity (Wildman–Crippen MR) is 244 cm³/mol. The van der Waals surface area contributed by atoms with Gasteiger partial charge in [-0.15, -0.1) is 0 Å². The normalized spacial score (nSPS) is 13.5. The van der Waals surface area contributed by atoms with E-state index >= 15 is 0 Å². The van der Waals surface area contributed by atoms with Gasteiger partial charge in [-0.25, -0.2) is 4.98 Å². The minimum Gasteiger partial charge on any atom is -0.455 e. The van der Waals surface area contributed by atoms with Gasteiger partial charge in [0, 0.05) is 32.8 Å². The number of imidazole rings is 1. The number of aromatic nitrogens is 3. The van der Waals surface area contributed by atoms with Crippen LogP contribution in [0.2, 0.25) is 0 Å². The summed E-state index contributed by atoms with van der Waals surface area (Å²) in [4.78, 5) is 5.59. The van der Waals surface area contributed by atoms with Crippen molar-refractivity contribution < 1.29 is 4.42 Å². The largest absolute Gasteiger partial charge is 0.455 e. The fourth-order valence-corrected chi connectivity index (χ4v) is 10.8. The number of rotatable bonds is 3. The molecule has 0 unspecified atom stereocenters. The molecule has 0 saturated heterocycles. The van der Waals surface area contributed by atoms with Gasteiger partial charge in [-0.2, -0.15) is 0 Å². The van der Waals surface area contributed by atoms with Crippen LogP contribution < -0.4 is 0 Å². The summed E-state index contributed by atoms with van der Waals surface area (Å²) >= 11 is 0.